The predicted molar refractivity (Wildman–Crippen MR) is 80.4 cm³/mol. The number of aromatic nitrogens is 1. The summed E-state index contributed by atoms with van der Waals surface area (Å²) < 4.78 is 36.9. The van der Waals surface area contributed by atoms with E-state index in [0.29, 0.717) is 0 Å². The lowest BCUT2D eigenvalue weighted by molar-refractivity contribution is 0.361. The normalized spacial score (nSPS) is 13.0. The molecule has 22 heavy (non-hydrogen) atoms. The number of hydrogen-bond acceptors (Lipinski definition) is 4. The monoisotopic (exact) mass is 365 g/mol. The average molecular weight is 366 g/mol. The van der Waals surface area contributed by atoms with Crippen LogP contribution >= 0.6 is 19.3 Å². The first-order valence-corrected chi connectivity index (χ1v) is 9.10. The van der Waals surface area contributed by atoms with E-state index < -0.39 is 23.3 Å². The average Bonchev–Trinajstić information content (AvgIpc) is 2.35. The fourth-order valence-corrected chi connectivity index (χ4v) is 3.99. The summed E-state index contributed by atoms with van der Waals surface area (Å²) in [5, 5.41) is -0.151. The van der Waals surface area contributed by atoms with Crippen LogP contribution in [0, 0.1) is 6.07 Å². The fraction of sp³-hybridized carbons (Fsp3) is 0.182. The summed E-state index contributed by atoms with van der Waals surface area (Å²) in [5.41, 5.74) is -1.22. The Morgan fingerprint density at radius 2 is 1.91 bits per heavy atom. The van der Waals surface area contributed by atoms with Crippen molar-refractivity contribution in [3.05, 3.63) is 39.6 Å². The highest BCUT2D eigenvalue weighted by Crippen LogP contribution is 2.39. The lowest BCUT2D eigenvalue weighted by Crippen LogP contribution is -2.23. The molecule has 0 aliphatic heterocycles. The topological polar surface area (TPSA) is 117 Å². The minimum absolute atomic E-state index is 0.104. The summed E-state index contributed by atoms with van der Waals surface area (Å²) >= 11 is 5.92. The molecule has 2 N–H and O–H groups in total. The molecular formula is C11H11ClN2O6PS. The van der Waals surface area contributed by atoms with Crippen molar-refractivity contribution in [1.82, 2.24) is 8.64 Å². The van der Waals surface area contributed by atoms with Gasteiger partial charge in [-0.25, -0.2) is 21.6 Å². The molecule has 0 saturated heterocycles. The van der Waals surface area contributed by atoms with E-state index in [1.807, 2.05) is 0 Å². The Bertz CT molecular complexity index is 962. The van der Waals surface area contributed by atoms with Crippen LogP contribution in [0.4, 0.5) is 0 Å². The van der Waals surface area contributed by atoms with Gasteiger partial charge in [0.1, 0.15) is 4.90 Å². The molecular weight excluding hydrogens is 355 g/mol. The standard InChI is InChI=1S/C11H11ClN2O6PS/c1-13(2)22(19,20)10-5-7-3-4-11(15)14(21(16,17)18)9(7)6-8(10)12/h3,5-6H,1-2H3,(H2,16,17,18). The van der Waals surface area contributed by atoms with E-state index in [1.165, 1.54) is 14.1 Å². The Morgan fingerprint density at radius 3 is 2.41 bits per heavy atom. The molecule has 119 valence electrons. The van der Waals surface area contributed by atoms with E-state index >= 15 is 0 Å². The first kappa shape index (κ1) is 17.1. The number of sulfonamides is 1. The van der Waals surface area contributed by atoms with Crippen LogP contribution in [-0.2, 0) is 14.6 Å². The van der Waals surface area contributed by atoms with Crippen molar-refractivity contribution < 1.29 is 22.8 Å². The zero-order valence-corrected chi connectivity index (χ0v) is 13.9. The Hall–Kier alpha value is -1.22. The lowest BCUT2D eigenvalue weighted by atomic mass is 10.2. The second-order valence-electron chi connectivity index (χ2n) is 4.55. The van der Waals surface area contributed by atoms with E-state index in [9.17, 15) is 27.6 Å². The summed E-state index contributed by atoms with van der Waals surface area (Å²) in [6, 6.07) is 5.45. The fourth-order valence-electron chi connectivity index (χ4n) is 1.82. The first-order chi connectivity index (χ1) is 9.96. The van der Waals surface area contributed by atoms with E-state index in [1.54, 1.807) is 0 Å². The molecule has 0 fully saturated rings. The highest BCUT2D eigenvalue weighted by atomic mass is 35.5. The lowest BCUT2D eigenvalue weighted by Gasteiger charge is -2.15. The summed E-state index contributed by atoms with van der Waals surface area (Å²) in [6.45, 7) is 0. The van der Waals surface area contributed by atoms with Crippen LogP contribution in [0.3, 0.4) is 0 Å². The van der Waals surface area contributed by atoms with Crippen LogP contribution in [0.2, 0.25) is 5.02 Å². The van der Waals surface area contributed by atoms with E-state index in [4.69, 9.17) is 11.6 Å². The summed E-state index contributed by atoms with van der Waals surface area (Å²) in [6.07, 6.45) is 0. The van der Waals surface area contributed by atoms with Crippen molar-refractivity contribution in [1.29, 1.82) is 0 Å². The van der Waals surface area contributed by atoms with Crippen molar-refractivity contribution in [2.75, 3.05) is 14.1 Å². The number of rotatable bonds is 3. The molecule has 2 aromatic rings. The van der Waals surface area contributed by atoms with Crippen molar-refractivity contribution >= 4 is 40.3 Å². The smallest absolute Gasteiger partial charge is 0.308 e. The summed E-state index contributed by atoms with van der Waals surface area (Å²) in [5.74, 6) is 0. The molecule has 0 aliphatic rings. The predicted octanol–water partition coefficient (Wildman–Crippen LogP) is 0.646. The molecule has 11 heteroatoms. The minimum atomic E-state index is -4.94. The highest BCUT2D eigenvalue weighted by Gasteiger charge is 2.25. The maximum absolute atomic E-state index is 12.2. The zero-order valence-electron chi connectivity index (χ0n) is 11.4. The molecule has 1 heterocycles. The molecule has 1 radical (unpaired) electrons. The van der Waals surface area contributed by atoms with E-state index in [2.05, 4.69) is 6.07 Å². The van der Waals surface area contributed by atoms with E-state index in [-0.39, 0.29) is 25.2 Å². The number of pyridine rings is 1. The Labute approximate surface area is 130 Å². The van der Waals surface area contributed by atoms with Gasteiger partial charge in [-0.05, 0) is 18.2 Å². The number of benzene rings is 1. The molecule has 0 atom stereocenters. The van der Waals surface area contributed by atoms with E-state index in [0.717, 1.165) is 22.5 Å². The molecule has 8 nitrogen and oxygen atoms in total. The molecule has 0 aliphatic carbocycles. The first-order valence-electron chi connectivity index (χ1n) is 5.72. The van der Waals surface area contributed by atoms with Crippen LogP contribution in [-0.4, -0.2) is 40.9 Å². The van der Waals surface area contributed by atoms with Gasteiger partial charge in [0.15, 0.2) is 0 Å². The summed E-state index contributed by atoms with van der Waals surface area (Å²) in [7, 11) is -6.16. The second-order valence-corrected chi connectivity index (χ2v) is 8.50. The second kappa shape index (κ2) is 5.45. The van der Waals surface area contributed by atoms with Gasteiger partial charge in [-0.1, -0.05) is 11.6 Å². The Morgan fingerprint density at radius 1 is 1.32 bits per heavy atom. The van der Waals surface area contributed by atoms with Gasteiger partial charge in [0.25, 0.3) is 5.56 Å². The summed E-state index contributed by atoms with van der Waals surface area (Å²) in [4.78, 5) is 29.9. The highest BCUT2D eigenvalue weighted by molar-refractivity contribution is 7.89. The van der Waals surface area contributed by atoms with Crippen molar-refractivity contribution in [2.45, 2.75) is 4.90 Å². The van der Waals surface area contributed by atoms with Gasteiger partial charge in [0, 0.05) is 19.5 Å². The van der Waals surface area contributed by atoms with Crippen LogP contribution in [0.5, 0.6) is 0 Å². The van der Waals surface area contributed by atoms with Crippen molar-refractivity contribution in [3.63, 3.8) is 0 Å². The molecule has 0 amide bonds. The van der Waals surface area contributed by atoms with Gasteiger partial charge in [-0.15, -0.1) is 0 Å². The number of nitrogens with zero attached hydrogens (tertiary/aromatic N) is 2. The molecule has 0 saturated carbocycles. The van der Waals surface area contributed by atoms with Crippen LogP contribution in [0.15, 0.2) is 27.9 Å². The zero-order chi connectivity index (χ0) is 16.9. The van der Waals surface area contributed by atoms with Crippen molar-refractivity contribution in [2.24, 2.45) is 0 Å². The number of fused-ring (bicyclic) bond motifs is 1. The molecule has 1 aromatic carbocycles. The minimum Gasteiger partial charge on any atom is -0.308 e. The number of hydrogen-bond donors (Lipinski definition) is 2. The van der Waals surface area contributed by atoms with Gasteiger partial charge in [-0.2, -0.15) is 0 Å². The molecule has 2 rings (SSSR count). The van der Waals surface area contributed by atoms with Gasteiger partial charge in [-0.3, -0.25) is 4.79 Å². The Kier molecular flexibility index (Phi) is 4.25. The van der Waals surface area contributed by atoms with Crippen LogP contribution in [0.1, 0.15) is 0 Å². The third-order valence-electron chi connectivity index (χ3n) is 2.87. The molecule has 1 aromatic heterocycles. The quantitative estimate of drug-likeness (QED) is 0.771. The van der Waals surface area contributed by atoms with Gasteiger partial charge in [0.05, 0.1) is 16.6 Å². The Balaban J connectivity index is 2.94. The van der Waals surface area contributed by atoms with Crippen LogP contribution < -0.4 is 5.56 Å². The largest absolute Gasteiger partial charge is 0.437 e. The maximum Gasteiger partial charge on any atom is 0.437 e. The van der Waals surface area contributed by atoms with Crippen molar-refractivity contribution in [3.8, 4) is 0 Å². The SMILES string of the molecule is CN(C)S(=O)(=O)c1cc2c[c]c(=O)n(P(=O)(O)O)c2cc1Cl. The molecule has 0 spiro atoms. The molecule has 0 bridgehead atoms. The van der Waals surface area contributed by atoms with Gasteiger partial charge >= 0.3 is 7.75 Å². The van der Waals surface area contributed by atoms with Crippen LogP contribution in [0.25, 0.3) is 10.9 Å². The third kappa shape index (κ3) is 2.83. The number of halogens is 1. The molecule has 0 unspecified atom stereocenters. The van der Waals surface area contributed by atoms with Gasteiger partial charge < -0.3 is 9.79 Å². The third-order valence-corrected chi connectivity index (χ3v) is 6.07. The maximum atomic E-state index is 12.2. The van der Waals surface area contributed by atoms with Gasteiger partial charge in [0.2, 0.25) is 10.0 Å².